The third kappa shape index (κ3) is 5.01. The predicted octanol–water partition coefficient (Wildman–Crippen LogP) is 3.16. The van der Waals surface area contributed by atoms with Crippen LogP contribution in [0.3, 0.4) is 0 Å². The van der Waals surface area contributed by atoms with E-state index in [0.29, 0.717) is 4.47 Å². The Morgan fingerprint density at radius 3 is 2.64 bits per heavy atom. The van der Waals surface area contributed by atoms with Gasteiger partial charge in [0.2, 0.25) is 0 Å². The summed E-state index contributed by atoms with van der Waals surface area (Å²) in [7, 11) is 1.37. The smallest absolute Gasteiger partial charge is 0.338 e. The molecule has 25 heavy (non-hydrogen) atoms. The van der Waals surface area contributed by atoms with Crippen LogP contribution in [0, 0.1) is 10.1 Å². The Kier molecular flexibility index (Phi) is 6.07. The molecule has 9 heteroatoms. The first-order valence-corrected chi connectivity index (χ1v) is 7.75. The first kappa shape index (κ1) is 18.4. The van der Waals surface area contributed by atoms with Gasteiger partial charge in [-0.15, -0.1) is 0 Å². The van der Waals surface area contributed by atoms with E-state index in [2.05, 4.69) is 21.2 Å². The third-order valence-corrected chi connectivity index (χ3v) is 3.56. The number of methoxy groups -OCH3 is 1. The van der Waals surface area contributed by atoms with Gasteiger partial charge in [-0.1, -0.05) is 22.0 Å². The summed E-state index contributed by atoms with van der Waals surface area (Å²) >= 11 is 3.23. The van der Waals surface area contributed by atoms with Gasteiger partial charge in [0.25, 0.3) is 11.6 Å². The molecule has 0 aliphatic heterocycles. The monoisotopic (exact) mass is 408 g/mol. The van der Waals surface area contributed by atoms with Crippen LogP contribution in [0.25, 0.3) is 0 Å². The fourth-order valence-electron chi connectivity index (χ4n) is 1.92. The molecule has 0 bridgehead atoms. The van der Waals surface area contributed by atoms with Crippen molar-refractivity contribution in [3.05, 3.63) is 62.6 Å². The molecule has 0 aliphatic rings. The molecule has 0 fully saturated rings. The SMILES string of the molecule is COc1ccc([N+](=O)[O-])cc1NC(=O)COC(=O)c1cccc(Br)c1. The van der Waals surface area contributed by atoms with Crippen molar-refractivity contribution in [1.29, 1.82) is 0 Å². The highest BCUT2D eigenvalue weighted by Gasteiger charge is 2.15. The Balaban J connectivity index is 2.01. The van der Waals surface area contributed by atoms with Gasteiger partial charge in [-0.2, -0.15) is 0 Å². The van der Waals surface area contributed by atoms with Crippen LogP contribution >= 0.6 is 15.9 Å². The average Bonchev–Trinajstić information content (AvgIpc) is 2.59. The van der Waals surface area contributed by atoms with Gasteiger partial charge in [-0.3, -0.25) is 14.9 Å². The molecule has 2 rings (SSSR count). The van der Waals surface area contributed by atoms with Crippen molar-refractivity contribution in [1.82, 2.24) is 0 Å². The van der Waals surface area contributed by atoms with Crippen molar-refractivity contribution in [2.75, 3.05) is 19.0 Å². The Bertz CT molecular complexity index is 824. The lowest BCUT2D eigenvalue weighted by Crippen LogP contribution is -2.21. The van der Waals surface area contributed by atoms with Gasteiger partial charge in [0, 0.05) is 16.6 Å². The molecule has 130 valence electrons. The van der Waals surface area contributed by atoms with E-state index in [4.69, 9.17) is 9.47 Å². The van der Waals surface area contributed by atoms with Crippen LogP contribution in [0.2, 0.25) is 0 Å². The Morgan fingerprint density at radius 1 is 1.24 bits per heavy atom. The molecule has 0 spiro atoms. The van der Waals surface area contributed by atoms with Gasteiger partial charge in [0.1, 0.15) is 5.75 Å². The Hall–Kier alpha value is -2.94. The molecule has 1 amide bonds. The van der Waals surface area contributed by atoms with Crippen LogP contribution in [-0.4, -0.2) is 30.5 Å². The summed E-state index contributed by atoms with van der Waals surface area (Å²) in [5, 5.41) is 13.2. The molecule has 2 aromatic carbocycles. The summed E-state index contributed by atoms with van der Waals surface area (Å²) in [5.74, 6) is -1.07. The number of nitro benzene ring substituents is 1. The van der Waals surface area contributed by atoms with Gasteiger partial charge in [0.15, 0.2) is 6.61 Å². The minimum Gasteiger partial charge on any atom is -0.495 e. The van der Waals surface area contributed by atoms with Crippen LogP contribution in [0.5, 0.6) is 5.75 Å². The standard InChI is InChI=1S/C16H13BrN2O6/c1-24-14-6-5-12(19(22)23)8-13(14)18-15(20)9-25-16(21)10-3-2-4-11(17)7-10/h2-8H,9H2,1H3,(H,18,20). The Labute approximate surface area is 151 Å². The molecule has 0 saturated carbocycles. The fraction of sp³-hybridized carbons (Fsp3) is 0.125. The molecule has 0 atom stereocenters. The molecule has 0 radical (unpaired) electrons. The van der Waals surface area contributed by atoms with E-state index in [1.54, 1.807) is 24.3 Å². The van der Waals surface area contributed by atoms with E-state index >= 15 is 0 Å². The quantitative estimate of drug-likeness (QED) is 0.446. The van der Waals surface area contributed by atoms with Crippen LogP contribution < -0.4 is 10.1 Å². The molecule has 0 aliphatic carbocycles. The maximum Gasteiger partial charge on any atom is 0.338 e. The number of nitrogens with one attached hydrogen (secondary N) is 1. The predicted molar refractivity (Wildman–Crippen MR) is 92.7 cm³/mol. The molecule has 8 nitrogen and oxygen atoms in total. The number of carbonyl (C=O) groups excluding carboxylic acids is 2. The average molecular weight is 409 g/mol. The maximum atomic E-state index is 11.9. The van der Waals surface area contributed by atoms with E-state index in [9.17, 15) is 19.7 Å². The van der Waals surface area contributed by atoms with Gasteiger partial charge in [-0.25, -0.2) is 4.79 Å². The minimum absolute atomic E-state index is 0.111. The van der Waals surface area contributed by atoms with Crippen LogP contribution in [0.15, 0.2) is 46.9 Å². The topological polar surface area (TPSA) is 108 Å². The largest absolute Gasteiger partial charge is 0.495 e. The maximum absolute atomic E-state index is 11.9. The number of hydrogen-bond acceptors (Lipinski definition) is 6. The molecular formula is C16H13BrN2O6. The number of nitro groups is 1. The molecular weight excluding hydrogens is 396 g/mol. The van der Waals surface area contributed by atoms with Crippen molar-refractivity contribution >= 4 is 39.2 Å². The van der Waals surface area contributed by atoms with Gasteiger partial charge in [-0.05, 0) is 24.3 Å². The number of nitrogens with zero attached hydrogens (tertiary/aromatic N) is 1. The molecule has 0 saturated heterocycles. The summed E-state index contributed by atoms with van der Waals surface area (Å²) in [5.41, 5.74) is 0.192. The van der Waals surface area contributed by atoms with Crippen molar-refractivity contribution < 1.29 is 24.0 Å². The zero-order valence-electron chi connectivity index (χ0n) is 13.0. The lowest BCUT2D eigenvalue weighted by atomic mass is 10.2. The lowest BCUT2D eigenvalue weighted by molar-refractivity contribution is -0.384. The Morgan fingerprint density at radius 2 is 2.00 bits per heavy atom. The van der Waals surface area contributed by atoms with Crippen molar-refractivity contribution in [2.45, 2.75) is 0 Å². The number of benzene rings is 2. The van der Waals surface area contributed by atoms with E-state index < -0.39 is 23.4 Å². The first-order valence-electron chi connectivity index (χ1n) is 6.95. The first-order chi connectivity index (χ1) is 11.9. The number of hydrogen-bond donors (Lipinski definition) is 1. The van der Waals surface area contributed by atoms with Crippen molar-refractivity contribution in [2.24, 2.45) is 0 Å². The molecule has 0 unspecified atom stereocenters. The highest BCUT2D eigenvalue weighted by molar-refractivity contribution is 9.10. The zero-order chi connectivity index (χ0) is 18.4. The highest BCUT2D eigenvalue weighted by atomic mass is 79.9. The van der Waals surface area contributed by atoms with Crippen LogP contribution in [0.4, 0.5) is 11.4 Å². The number of anilines is 1. The second-order valence-electron chi connectivity index (χ2n) is 4.78. The van der Waals surface area contributed by atoms with Gasteiger partial charge >= 0.3 is 5.97 Å². The van der Waals surface area contributed by atoms with Crippen molar-refractivity contribution in [3.8, 4) is 5.75 Å². The summed E-state index contributed by atoms with van der Waals surface area (Å²) in [6.07, 6.45) is 0. The number of ether oxygens (including phenoxy) is 2. The molecule has 0 aromatic heterocycles. The number of carbonyl (C=O) groups is 2. The lowest BCUT2D eigenvalue weighted by Gasteiger charge is -2.10. The molecule has 1 N–H and O–H groups in total. The molecule has 2 aromatic rings. The van der Waals surface area contributed by atoms with Gasteiger partial charge < -0.3 is 14.8 Å². The number of esters is 1. The highest BCUT2D eigenvalue weighted by Crippen LogP contribution is 2.28. The second-order valence-corrected chi connectivity index (χ2v) is 5.69. The number of rotatable bonds is 6. The van der Waals surface area contributed by atoms with E-state index in [1.807, 2.05) is 0 Å². The fourth-order valence-corrected chi connectivity index (χ4v) is 2.32. The third-order valence-electron chi connectivity index (χ3n) is 3.06. The minimum atomic E-state index is -0.664. The summed E-state index contributed by atoms with van der Waals surface area (Å²) in [6.45, 7) is -0.544. The van der Waals surface area contributed by atoms with Crippen LogP contribution in [-0.2, 0) is 9.53 Å². The summed E-state index contributed by atoms with van der Waals surface area (Å²) < 4.78 is 10.7. The molecule has 0 heterocycles. The second kappa shape index (κ2) is 8.25. The number of amides is 1. The number of halogens is 1. The van der Waals surface area contributed by atoms with E-state index in [-0.39, 0.29) is 22.7 Å². The summed E-state index contributed by atoms with van der Waals surface area (Å²) in [6, 6.07) is 10.3. The van der Waals surface area contributed by atoms with E-state index in [1.165, 1.54) is 19.2 Å². The van der Waals surface area contributed by atoms with Crippen molar-refractivity contribution in [3.63, 3.8) is 0 Å². The normalized spacial score (nSPS) is 10.0. The zero-order valence-corrected chi connectivity index (χ0v) is 14.6. The van der Waals surface area contributed by atoms with Crippen LogP contribution in [0.1, 0.15) is 10.4 Å². The van der Waals surface area contributed by atoms with Gasteiger partial charge in [0.05, 0.1) is 23.3 Å². The number of non-ortho nitro benzene ring substituents is 1. The van der Waals surface area contributed by atoms with E-state index in [0.717, 1.165) is 6.07 Å². The summed E-state index contributed by atoms with van der Waals surface area (Å²) in [4.78, 5) is 34.0.